The molecule has 0 radical (unpaired) electrons. The van der Waals surface area contributed by atoms with Crippen molar-refractivity contribution in [2.75, 3.05) is 66.1 Å². The molecule has 1 unspecified atom stereocenters. The molecule has 0 aliphatic carbocycles. The first kappa shape index (κ1) is 21.4. The molecule has 0 amide bonds. The number of benzene rings is 1. The van der Waals surface area contributed by atoms with E-state index in [4.69, 9.17) is 4.74 Å². The van der Waals surface area contributed by atoms with Crippen LogP contribution in [0.2, 0.25) is 0 Å². The van der Waals surface area contributed by atoms with E-state index in [9.17, 15) is 4.79 Å². The number of Topliss-reactive ketones (excluding diaryl/α,β-unsaturated/α-hetero) is 1. The van der Waals surface area contributed by atoms with Crippen molar-refractivity contribution >= 4 is 5.78 Å². The Balaban J connectivity index is 1.57. The normalized spacial score (nSPS) is 21.6. The van der Waals surface area contributed by atoms with Crippen molar-refractivity contribution in [1.29, 1.82) is 0 Å². The zero-order chi connectivity index (χ0) is 19.8. The van der Waals surface area contributed by atoms with Crippen LogP contribution in [0.15, 0.2) is 30.3 Å². The highest BCUT2D eigenvalue weighted by Crippen LogP contribution is 2.27. The van der Waals surface area contributed by atoms with E-state index in [0.29, 0.717) is 17.7 Å². The summed E-state index contributed by atoms with van der Waals surface area (Å²) in [5, 5.41) is 0. The third-order valence-corrected chi connectivity index (χ3v) is 6.36. The average Bonchev–Trinajstić information content (AvgIpc) is 2.72. The first-order valence-electron chi connectivity index (χ1n) is 10.9. The van der Waals surface area contributed by atoms with Crippen molar-refractivity contribution in [2.24, 2.45) is 5.92 Å². The molecule has 0 aromatic heterocycles. The predicted octanol–water partition coefficient (Wildman–Crippen LogP) is 2.68. The number of carbonyl (C=O) groups excluding carboxylic acids is 1. The van der Waals surface area contributed by atoms with Gasteiger partial charge in [-0.05, 0) is 44.3 Å². The van der Waals surface area contributed by atoms with Gasteiger partial charge >= 0.3 is 0 Å². The summed E-state index contributed by atoms with van der Waals surface area (Å²) in [6, 6.07) is 11.5. The van der Waals surface area contributed by atoms with Gasteiger partial charge in [-0.25, -0.2) is 0 Å². The Morgan fingerprint density at radius 2 is 1.71 bits per heavy atom. The lowest BCUT2D eigenvalue weighted by molar-refractivity contribution is -0.118. The minimum absolute atomic E-state index is 0.340. The fourth-order valence-electron chi connectivity index (χ4n) is 4.65. The molecule has 28 heavy (non-hydrogen) atoms. The van der Waals surface area contributed by atoms with Crippen molar-refractivity contribution in [3.05, 3.63) is 35.9 Å². The first-order valence-corrected chi connectivity index (χ1v) is 10.9. The number of ketones is 1. The van der Waals surface area contributed by atoms with Crippen LogP contribution in [-0.4, -0.2) is 86.6 Å². The van der Waals surface area contributed by atoms with E-state index >= 15 is 0 Å². The largest absolute Gasteiger partial charge is 0.383 e. The molecule has 2 aliphatic heterocycles. The lowest BCUT2D eigenvalue weighted by Gasteiger charge is -2.42. The molecule has 2 fully saturated rings. The Hall–Kier alpha value is -1.27. The summed E-state index contributed by atoms with van der Waals surface area (Å²) < 4.78 is 5.24. The number of hydrogen-bond acceptors (Lipinski definition) is 5. The molecule has 0 bridgehead atoms. The van der Waals surface area contributed by atoms with E-state index in [1.165, 1.54) is 5.56 Å². The summed E-state index contributed by atoms with van der Waals surface area (Å²) in [4.78, 5) is 19.2. The van der Waals surface area contributed by atoms with Crippen LogP contribution < -0.4 is 0 Å². The maximum absolute atomic E-state index is 11.4. The molecule has 2 aliphatic rings. The van der Waals surface area contributed by atoms with Gasteiger partial charge < -0.3 is 14.4 Å². The Morgan fingerprint density at radius 3 is 2.32 bits per heavy atom. The number of likely N-dealkylation sites (tertiary alicyclic amines) is 1. The number of piperidine rings is 1. The molecule has 0 spiro atoms. The van der Waals surface area contributed by atoms with Gasteiger partial charge in [-0.2, -0.15) is 0 Å². The molecular formula is C23H37N3O2. The lowest BCUT2D eigenvalue weighted by atomic mass is 9.91. The maximum atomic E-state index is 11.4. The van der Waals surface area contributed by atoms with Crippen LogP contribution in [-0.2, 0) is 9.53 Å². The SMILES string of the molecule is COCCN1CCN(C(CN2CCC(CC(C)=O)CC2)c2ccccc2)CC1. The third kappa shape index (κ3) is 6.38. The maximum Gasteiger partial charge on any atom is 0.130 e. The summed E-state index contributed by atoms with van der Waals surface area (Å²) in [7, 11) is 1.78. The molecule has 1 atom stereocenters. The monoisotopic (exact) mass is 387 g/mol. The number of nitrogens with zero attached hydrogens (tertiary/aromatic N) is 3. The van der Waals surface area contributed by atoms with E-state index in [-0.39, 0.29) is 0 Å². The van der Waals surface area contributed by atoms with Gasteiger partial charge in [-0.1, -0.05) is 30.3 Å². The second-order valence-electron chi connectivity index (χ2n) is 8.45. The molecule has 1 aromatic rings. The van der Waals surface area contributed by atoms with Crippen LogP contribution in [0.25, 0.3) is 0 Å². The highest BCUT2D eigenvalue weighted by molar-refractivity contribution is 5.75. The topological polar surface area (TPSA) is 36.0 Å². The van der Waals surface area contributed by atoms with E-state index in [0.717, 1.165) is 78.2 Å². The average molecular weight is 388 g/mol. The molecule has 156 valence electrons. The van der Waals surface area contributed by atoms with Crippen molar-refractivity contribution in [1.82, 2.24) is 14.7 Å². The molecule has 0 saturated carbocycles. The molecular weight excluding hydrogens is 350 g/mol. The number of methoxy groups -OCH3 is 1. The minimum atomic E-state index is 0.340. The van der Waals surface area contributed by atoms with Crippen molar-refractivity contribution < 1.29 is 9.53 Å². The van der Waals surface area contributed by atoms with E-state index < -0.39 is 0 Å². The fourth-order valence-corrected chi connectivity index (χ4v) is 4.65. The first-order chi connectivity index (χ1) is 13.7. The zero-order valence-corrected chi connectivity index (χ0v) is 17.7. The molecule has 1 aromatic carbocycles. The van der Waals surface area contributed by atoms with Gasteiger partial charge in [0, 0.05) is 58.8 Å². The fraction of sp³-hybridized carbons (Fsp3) is 0.696. The van der Waals surface area contributed by atoms with Crippen LogP contribution in [0.5, 0.6) is 0 Å². The molecule has 2 heterocycles. The molecule has 2 saturated heterocycles. The van der Waals surface area contributed by atoms with Crippen molar-refractivity contribution in [2.45, 2.75) is 32.2 Å². The van der Waals surface area contributed by atoms with E-state index in [1.54, 1.807) is 14.0 Å². The highest BCUT2D eigenvalue weighted by atomic mass is 16.5. The second-order valence-corrected chi connectivity index (χ2v) is 8.45. The van der Waals surface area contributed by atoms with Crippen LogP contribution >= 0.6 is 0 Å². The standard InChI is InChI=1S/C23H37N3O2/c1-20(27)18-21-8-10-25(11-9-21)19-23(22-6-4-3-5-7-22)26-14-12-24(13-15-26)16-17-28-2/h3-7,21,23H,8-19H2,1-2H3. The van der Waals surface area contributed by atoms with Gasteiger partial charge in [0.15, 0.2) is 0 Å². The summed E-state index contributed by atoms with van der Waals surface area (Å²) in [6.45, 7) is 11.4. The quantitative estimate of drug-likeness (QED) is 0.651. The number of piperazine rings is 1. The Labute approximate surface area is 170 Å². The Bertz CT molecular complexity index is 579. The summed E-state index contributed by atoms with van der Waals surface area (Å²) in [6.07, 6.45) is 3.08. The van der Waals surface area contributed by atoms with Crippen LogP contribution in [0.1, 0.15) is 37.8 Å². The van der Waals surface area contributed by atoms with Crippen molar-refractivity contribution in [3.8, 4) is 0 Å². The molecule has 5 nitrogen and oxygen atoms in total. The molecule has 5 heteroatoms. The number of ether oxygens (including phenoxy) is 1. The lowest BCUT2D eigenvalue weighted by Crippen LogP contribution is -2.51. The Kier molecular flexibility index (Phi) is 8.46. The molecule has 0 N–H and O–H groups in total. The van der Waals surface area contributed by atoms with Crippen LogP contribution in [0.3, 0.4) is 0 Å². The number of carbonyl (C=O) groups is 1. The van der Waals surface area contributed by atoms with Crippen molar-refractivity contribution in [3.63, 3.8) is 0 Å². The van der Waals surface area contributed by atoms with Crippen LogP contribution in [0.4, 0.5) is 0 Å². The Morgan fingerprint density at radius 1 is 1.04 bits per heavy atom. The summed E-state index contributed by atoms with van der Waals surface area (Å²) in [5.74, 6) is 0.931. The smallest absolute Gasteiger partial charge is 0.130 e. The number of rotatable bonds is 9. The molecule has 3 rings (SSSR count). The summed E-state index contributed by atoms with van der Waals surface area (Å²) >= 11 is 0. The third-order valence-electron chi connectivity index (χ3n) is 6.36. The van der Waals surface area contributed by atoms with Gasteiger partial charge in [0.05, 0.1) is 6.61 Å². The van der Waals surface area contributed by atoms with Gasteiger partial charge in [0.1, 0.15) is 5.78 Å². The van der Waals surface area contributed by atoms with E-state index in [1.807, 2.05) is 0 Å². The second kappa shape index (κ2) is 11.1. The number of hydrogen-bond donors (Lipinski definition) is 0. The van der Waals surface area contributed by atoms with Gasteiger partial charge in [0.2, 0.25) is 0 Å². The van der Waals surface area contributed by atoms with Crippen LogP contribution in [0, 0.1) is 5.92 Å². The minimum Gasteiger partial charge on any atom is -0.383 e. The highest BCUT2D eigenvalue weighted by Gasteiger charge is 2.28. The van der Waals surface area contributed by atoms with Gasteiger partial charge in [-0.3, -0.25) is 9.80 Å². The zero-order valence-electron chi connectivity index (χ0n) is 17.7. The predicted molar refractivity (Wildman–Crippen MR) is 114 cm³/mol. The summed E-state index contributed by atoms with van der Waals surface area (Å²) in [5.41, 5.74) is 1.43. The van der Waals surface area contributed by atoms with E-state index in [2.05, 4.69) is 45.0 Å². The van der Waals surface area contributed by atoms with Gasteiger partial charge in [-0.15, -0.1) is 0 Å². The van der Waals surface area contributed by atoms with Gasteiger partial charge in [0.25, 0.3) is 0 Å².